The van der Waals surface area contributed by atoms with Crippen LogP contribution in [0.15, 0.2) is 47.4 Å². The molecule has 0 spiro atoms. The minimum absolute atomic E-state index is 0.126. The van der Waals surface area contributed by atoms with Crippen LogP contribution in [0.4, 0.5) is 11.4 Å². The Morgan fingerprint density at radius 3 is 2.54 bits per heavy atom. The van der Waals surface area contributed by atoms with Gasteiger partial charge in [-0.1, -0.05) is 6.07 Å². The van der Waals surface area contributed by atoms with Crippen LogP contribution in [-0.2, 0) is 14.8 Å². The van der Waals surface area contributed by atoms with Gasteiger partial charge < -0.3 is 15.4 Å². The van der Waals surface area contributed by atoms with Crippen molar-refractivity contribution in [3.8, 4) is 5.75 Å². The maximum atomic E-state index is 12.4. The molecule has 0 aliphatic carbocycles. The molecule has 0 fully saturated rings. The molecule has 1 aliphatic rings. The van der Waals surface area contributed by atoms with Crippen LogP contribution in [0.25, 0.3) is 0 Å². The van der Waals surface area contributed by atoms with Crippen LogP contribution in [0.5, 0.6) is 5.75 Å². The van der Waals surface area contributed by atoms with Crippen molar-refractivity contribution in [2.24, 2.45) is 0 Å². The molecule has 24 heavy (non-hydrogen) atoms. The Morgan fingerprint density at radius 2 is 1.88 bits per heavy atom. The molecule has 126 valence electrons. The lowest BCUT2D eigenvalue weighted by molar-refractivity contribution is -0.117. The lowest BCUT2D eigenvalue weighted by Crippen LogP contribution is -2.51. The van der Waals surface area contributed by atoms with Crippen molar-refractivity contribution >= 4 is 27.3 Å². The van der Waals surface area contributed by atoms with Gasteiger partial charge in [0.05, 0.1) is 12.8 Å². The van der Waals surface area contributed by atoms with Gasteiger partial charge in [0, 0.05) is 5.69 Å². The summed E-state index contributed by atoms with van der Waals surface area (Å²) >= 11 is 0. The van der Waals surface area contributed by atoms with Gasteiger partial charge in [-0.25, -0.2) is 8.42 Å². The van der Waals surface area contributed by atoms with E-state index in [1.807, 2.05) is 6.92 Å². The van der Waals surface area contributed by atoms with E-state index in [0.29, 0.717) is 17.1 Å². The highest BCUT2D eigenvalue weighted by Gasteiger charge is 2.33. The quantitative estimate of drug-likeness (QED) is 0.785. The van der Waals surface area contributed by atoms with E-state index in [0.717, 1.165) is 5.56 Å². The Kier molecular flexibility index (Phi) is 4.16. The van der Waals surface area contributed by atoms with Crippen molar-refractivity contribution in [3.05, 3.63) is 48.0 Å². The lowest BCUT2D eigenvalue weighted by Gasteiger charge is -2.27. The first-order valence-electron chi connectivity index (χ1n) is 7.23. The van der Waals surface area contributed by atoms with Gasteiger partial charge in [-0.2, -0.15) is 4.72 Å². The molecule has 1 heterocycles. The van der Waals surface area contributed by atoms with Crippen LogP contribution in [0.3, 0.4) is 0 Å². The average Bonchev–Trinajstić information content (AvgIpc) is 2.54. The van der Waals surface area contributed by atoms with E-state index < -0.39 is 22.1 Å². The van der Waals surface area contributed by atoms with Gasteiger partial charge in [0.15, 0.2) is 6.17 Å². The number of nitrogens with one attached hydrogen (secondary N) is 3. The molecule has 0 saturated carbocycles. The number of fused-ring (bicyclic) bond motifs is 1. The number of hydrogen-bond acceptors (Lipinski definition) is 5. The third-order valence-electron chi connectivity index (χ3n) is 3.62. The minimum Gasteiger partial charge on any atom is -0.497 e. The van der Waals surface area contributed by atoms with E-state index in [2.05, 4.69) is 15.4 Å². The standard InChI is InChI=1S/C16H17N3O4S/c1-10-3-8-14-13(9-10)18-15(19-24(14,21)22)16(20)17-11-4-6-12(23-2)7-5-11/h3-9,15,18-19H,1-2H3,(H,17,20). The molecule has 1 amide bonds. The van der Waals surface area contributed by atoms with Crippen LogP contribution >= 0.6 is 0 Å². The molecule has 1 atom stereocenters. The Bertz CT molecular complexity index is 879. The van der Waals surface area contributed by atoms with Crippen molar-refractivity contribution < 1.29 is 17.9 Å². The first-order chi connectivity index (χ1) is 11.4. The second-order valence-corrected chi connectivity index (χ2v) is 7.10. The number of ether oxygens (including phenoxy) is 1. The predicted octanol–water partition coefficient (Wildman–Crippen LogP) is 1.67. The molecule has 1 aliphatic heterocycles. The van der Waals surface area contributed by atoms with Gasteiger partial charge in [0.1, 0.15) is 10.6 Å². The van der Waals surface area contributed by atoms with E-state index in [1.54, 1.807) is 43.5 Å². The molecule has 2 aromatic carbocycles. The summed E-state index contributed by atoms with van der Waals surface area (Å²) in [7, 11) is -2.20. The second-order valence-electron chi connectivity index (χ2n) is 5.42. The van der Waals surface area contributed by atoms with E-state index in [4.69, 9.17) is 4.74 Å². The van der Waals surface area contributed by atoms with Crippen LogP contribution in [0, 0.1) is 6.92 Å². The van der Waals surface area contributed by atoms with Gasteiger partial charge in [0.25, 0.3) is 5.91 Å². The molecular weight excluding hydrogens is 330 g/mol. The molecule has 1 unspecified atom stereocenters. The number of methoxy groups -OCH3 is 1. The minimum atomic E-state index is -3.75. The van der Waals surface area contributed by atoms with E-state index in [9.17, 15) is 13.2 Å². The highest BCUT2D eigenvalue weighted by Crippen LogP contribution is 2.27. The SMILES string of the molecule is COc1ccc(NC(=O)C2Nc3cc(C)ccc3S(=O)(=O)N2)cc1. The fourth-order valence-electron chi connectivity index (χ4n) is 2.40. The zero-order chi connectivity index (χ0) is 17.3. The number of amides is 1. The zero-order valence-corrected chi connectivity index (χ0v) is 14.0. The second kappa shape index (κ2) is 6.14. The summed E-state index contributed by atoms with van der Waals surface area (Å²) in [5.74, 6) is 0.157. The number of sulfonamides is 1. The molecular formula is C16H17N3O4S. The van der Waals surface area contributed by atoms with E-state index in [-0.39, 0.29) is 4.90 Å². The van der Waals surface area contributed by atoms with Gasteiger partial charge in [0.2, 0.25) is 10.0 Å². The van der Waals surface area contributed by atoms with Crippen LogP contribution in [-0.4, -0.2) is 27.6 Å². The number of carbonyl (C=O) groups excluding carboxylic acids is 1. The van der Waals surface area contributed by atoms with E-state index in [1.165, 1.54) is 6.07 Å². The first-order valence-corrected chi connectivity index (χ1v) is 8.72. The van der Waals surface area contributed by atoms with Crippen molar-refractivity contribution in [2.75, 3.05) is 17.7 Å². The highest BCUT2D eigenvalue weighted by molar-refractivity contribution is 7.89. The summed E-state index contributed by atoms with van der Waals surface area (Å²) in [5.41, 5.74) is 1.84. The summed E-state index contributed by atoms with van der Waals surface area (Å²) < 4.78 is 32.0. The number of hydrogen-bond donors (Lipinski definition) is 3. The largest absolute Gasteiger partial charge is 0.497 e. The van der Waals surface area contributed by atoms with E-state index >= 15 is 0 Å². The maximum Gasteiger partial charge on any atom is 0.262 e. The van der Waals surface area contributed by atoms with Crippen LogP contribution in [0.1, 0.15) is 5.56 Å². The van der Waals surface area contributed by atoms with Gasteiger partial charge in [-0.3, -0.25) is 4.79 Å². The Hall–Kier alpha value is -2.58. The molecule has 0 bridgehead atoms. The number of benzene rings is 2. The molecule has 8 heteroatoms. The van der Waals surface area contributed by atoms with Crippen molar-refractivity contribution in [1.29, 1.82) is 0 Å². The van der Waals surface area contributed by atoms with Crippen LogP contribution in [0.2, 0.25) is 0 Å². The van der Waals surface area contributed by atoms with Crippen molar-refractivity contribution in [3.63, 3.8) is 0 Å². The third-order valence-corrected chi connectivity index (χ3v) is 5.10. The normalized spacial score (nSPS) is 18.2. The molecule has 0 aromatic heterocycles. The molecule has 7 nitrogen and oxygen atoms in total. The predicted molar refractivity (Wildman–Crippen MR) is 90.5 cm³/mol. The summed E-state index contributed by atoms with van der Waals surface area (Å²) in [6.45, 7) is 1.85. The number of rotatable bonds is 3. The highest BCUT2D eigenvalue weighted by atomic mass is 32.2. The maximum absolute atomic E-state index is 12.4. The van der Waals surface area contributed by atoms with Crippen molar-refractivity contribution in [1.82, 2.24) is 4.72 Å². The Balaban J connectivity index is 1.81. The fourth-order valence-corrected chi connectivity index (χ4v) is 3.66. The average molecular weight is 347 g/mol. The lowest BCUT2D eigenvalue weighted by atomic mass is 10.2. The van der Waals surface area contributed by atoms with Gasteiger partial charge >= 0.3 is 0 Å². The zero-order valence-electron chi connectivity index (χ0n) is 13.2. The number of carbonyl (C=O) groups is 1. The summed E-state index contributed by atoms with van der Waals surface area (Å²) in [5, 5.41) is 5.57. The first kappa shape index (κ1) is 16.3. The third kappa shape index (κ3) is 3.19. The molecule has 0 saturated heterocycles. The number of aryl methyl sites for hydroxylation is 1. The summed E-state index contributed by atoms with van der Waals surface area (Å²) in [6.07, 6.45) is -1.09. The van der Waals surface area contributed by atoms with Crippen LogP contribution < -0.4 is 20.1 Å². The fraction of sp³-hybridized carbons (Fsp3) is 0.188. The molecule has 2 aromatic rings. The monoisotopic (exact) mass is 347 g/mol. The Morgan fingerprint density at radius 1 is 1.17 bits per heavy atom. The van der Waals surface area contributed by atoms with Gasteiger partial charge in [-0.15, -0.1) is 0 Å². The van der Waals surface area contributed by atoms with Gasteiger partial charge in [-0.05, 0) is 48.9 Å². The number of anilines is 2. The Labute approximate surface area is 140 Å². The molecule has 3 N–H and O–H groups in total. The summed E-state index contributed by atoms with van der Waals surface area (Å²) in [6, 6.07) is 11.7. The van der Waals surface area contributed by atoms with Crippen molar-refractivity contribution in [2.45, 2.75) is 18.0 Å². The summed E-state index contributed by atoms with van der Waals surface area (Å²) in [4.78, 5) is 12.5. The topological polar surface area (TPSA) is 96.5 Å². The smallest absolute Gasteiger partial charge is 0.262 e. The molecule has 3 rings (SSSR count). The molecule has 0 radical (unpaired) electrons.